The highest BCUT2D eigenvalue weighted by Crippen LogP contribution is 2.42. The number of carboxylic acids is 1. The maximum absolute atomic E-state index is 13.7. The lowest BCUT2D eigenvalue weighted by atomic mass is 9.75. The topological polar surface area (TPSA) is 72.9 Å². The molecule has 4 rings (SSSR count). The molecule has 2 saturated heterocycles. The van der Waals surface area contributed by atoms with Gasteiger partial charge in [0.15, 0.2) is 0 Å². The Morgan fingerprint density at radius 2 is 1.92 bits per heavy atom. The summed E-state index contributed by atoms with van der Waals surface area (Å²) in [5.41, 5.74) is -0.543. The van der Waals surface area contributed by atoms with Gasteiger partial charge in [0.05, 0.1) is 17.4 Å². The van der Waals surface area contributed by atoms with E-state index in [1.807, 2.05) is 6.92 Å². The summed E-state index contributed by atoms with van der Waals surface area (Å²) in [6, 6.07) is 3.63. The first kappa shape index (κ1) is 29.9. The summed E-state index contributed by atoms with van der Waals surface area (Å²) in [4.78, 5) is 29.7. The van der Waals surface area contributed by atoms with Crippen LogP contribution in [0.5, 0.6) is 0 Å². The summed E-state index contributed by atoms with van der Waals surface area (Å²) in [6.45, 7) is 4.82. The fraction of sp³-hybridized carbons (Fsp3) is 0.655. The maximum Gasteiger partial charge on any atom is 0.416 e. The number of benzene rings is 1. The molecule has 2 atom stereocenters. The first-order valence-corrected chi connectivity index (χ1v) is 14.4. The number of nitrogens with zero attached hydrogens (tertiary/aromatic N) is 2. The van der Waals surface area contributed by atoms with E-state index in [0.717, 1.165) is 45.0 Å². The summed E-state index contributed by atoms with van der Waals surface area (Å²) in [6.07, 6.45) is 5.04. The van der Waals surface area contributed by atoms with Gasteiger partial charge in [-0.05, 0) is 68.6 Å². The second-order valence-electron chi connectivity index (χ2n) is 11.5. The average molecular weight is 570 g/mol. The Kier molecular flexibility index (Phi) is 9.65. The van der Waals surface area contributed by atoms with Crippen LogP contribution in [-0.4, -0.2) is 65.5 Å². The second-order valence-corrected chi connectivity index (χ2v) is 11.9. The van der Waals surface area contributed by atoms with Gasteiger partial charge in [0.2, 0.25) is 5.91 Å². The summed E-state index contributed by atoms with van der Waals surface area (Å²) < 4.78 is 40.9. The monoisotopic (exact) mass is 569 g/mol. The lowest BCUT2D eigenvalue weighted by molar-refractivity contribution is -0.147. The van der Waals surface area contributed by atoms with Gasteiger partial charge >= 0.3 is 12.1 Å². The SMILES string of the molecule is C[C@H]1CN(Cc2c(Cl)cccc2C(F)(F)F)C[C@]1(CC(=O)O)C(=O)NC1CCN(CCC2=CCCCC2)CC1. The van der Waals surface area contributed by atoms with Crippen LogP contribution in [0.1, 0.15) is 69.4 Å². The fourth-order valence-electron chi connectivity index (χ4n) is 6.45. The van der Waals surface area contributed by atoms with Gasteiger partial charge < -0.3 is 15.3 Å². The van der Waals surface area contributed by atoms with Crippen LogP contribution in [0.15, 0.2) is 29.8 Å². The van der Waals surface area contributed by atoms with Crippen LogP contribution < -0.4 is 5.32 Å². The van der Waals surface area contributed by atoms with E-state index >= 15 is 0 Å². The molecule has 1 aromatic rings. The van der Waals surface area contributed by atoms with E-state index in [1.54, 1.807) is 10.5 Å². The zero-order valence-corrected chi connectivity index (χ0v) is 23.3. The third kappa shape index (κ3) is 7.35. The number of rotatable bonds is 9. The summed E-state index contributed by atoms with van der Waals surface area (Å²) in [5, 5.41) is 12.8. The third-order valence-electron chi connectivity index (χ3n) is 8.76. The van der Waals surface area contributed by atoms with E-state index in [0.29, 0.717) is 6.54 Å². The molecule has 216 valence electrons. The molecule has 1 aromatic carbocycles. The number of carbonyl (C=O) groups is 2. The highest BCUT2D eigenvalue weighted by atomic mass is 35.5. The molecule has 2 fully saturated rings. The number of nitrogens with one attached hydrogen (secondary N) is 1. The number of piperidine rings is 1. The zero-order chi connectivity index (χ0) is 28.2. The molecule has 0 bridgehead atoms. The minimum Gasteiger partial charge on any atom is -0.481 e. The molecule has 10 heteroatoms. The molecule has 1 aliphatic carbocycles. The number of hydrogen-bond acceptors (Lipinski definition) is 4. The van der Waals surface area contributed by atoms with Crippen molar-refractivity contribution in [2.45, 2.75) is 77.1 Å². The van der Waals surface area contributed by atoms with Crippen LogP contribution in [0.3, 0.4) is 0 Å². The van der Waals surface area contributed by atoms with Crippen LogP contribution in [0.25, 0.3) is 0 Å². The van der Waals surface area contributed by atoms with E-state index in [9.17, 15) is 27.9 Å². The smallest absolute Gasteiger partial charge is 0.416 e. The summed E-state index contributed by atoms with van der Waals surface area (Å²) in [7, 11) is 0. The number of aliphatic carboxylic acids is 1. The molecule has 0 spiro atoms. The Balaban J connectivity index is 1.39. The lowest BCUT2D eigenvalue weighted by Gasteiger charge is -2.36. The van der Waals surface area contributed by atoms with Gasteiger partial charge in [-0.2, -0.15) is 13.2 Å². The van der Waals surface area contributed by atoms with Gasteiger partial charge in [0.1, 0.15) is 0 Å². The molecule has 0 aromatic heterocycles. The van der Waals surface area contributed by atoms with E-state index in [4.69, 9.17) is 11.6 Å². The molecular formula is C29H39ClF3N3O3. The second kappa shape index (κ2) is 12.6. The average Bonchev–Trinajstić information content (AvgIpc) is 3.19. The van der Waals surface area contributed by atoms with Crippen molar-refractivity contribution in [2.24, 2.45) is 11.3 Å². The number of hydrogen-bond donors (Lipinski definition) is 2. The molecule has 0 radical (unpaired) electrons. The molecular weight excluding hydrogens is 531 g/mol. The Labute approximate surface area is 233 Å². The van der Waals surface area contributed by atoms with Crippen LogP contribution in [-0.2, 0) is 22.3 Å². The highest BCUT2D eigenvalue weighted by Gasteiger charge is 2.52. The molecule has 1 amide bonds. The van der Waals surface area contributed by atoms with Crippen molar-refractivity contribution >= 4 is 23.5 Å². The minimum absolute atomic E-state index is 0.00389. The standard InChI is InChI=1S/C29H39ClF3N3O3/c1-20-17-36(18-23-24(29(31,32)33)8-5-9-25(23)30)19-28(20,16-26(37)38)27(39)34-22-11-14-35(15-12-22)13-10-21-6-3-2-4-7-21/h5-6,8-9,20,22H,2-4,7,10-19H2,1H3,(H,34,39)(H,37,38)/t20-,28-/m0/s1. The number of carbonyl (C=O) groups excluding carboxylic acids is 1. The number of amides is 1. The van der Waals surface area contributed by atoms with Crippen LogP contribution in [0.2, 0.25) is 5.02 Å². The molecule has 0 unspecified atom stereocenters. The molecule has 2 N–H and O–H groups in total. The summed E-state index contributed by atoms with van der Waals surface area (Å²) >= 11 is 6.17. The van der Waals surface area contributed by atoms with Crippen molar-refractivity contribution < 1.29 is 27.9 Å². The van der Waals surface area contributed by atoms with Crippen molar-refractivity contribution in [2.75, 3.05) is 32.7 Å². The largest absolute Gasteiger partial charge is 0.481 e. The predicted octanol–water partition coefficient (Wildman–Crippen LogP) is 5.74. The molecule has 6 nitrogen and oxygen atoms in total. The van der Waals surface area contributed by atoms with Crippen molar-refractivity contribution in [1.82, 2.24) is 15.1 Å². The summed E-state index contributed by atoms with van der Waals surface area (Å²) in [5.74, 6) is -1.77. The van der Waals surface area contributed by atoms with Crippen LogP contribution >= 0.6 is 11.6 Å². The quantitative estimate of drug-likeness (QED) is 0.371. The zero-order valence-electron chi connectivity index (χ0n) is 22.5. The van der Waals surface area contributed by atoms with Gasteiger partial charge in [0, 0.05) is 50.3 Å². The lowest BCUT2D eigenvalue weighted by Crippen LogP contribution is -2.53. The molecule has 2 aliphatic heterocycles. The molecule has 3 aliphatic rings. The van der Waals surface area contributed by atoms with Gasteiger partial charge in [-0.1, -0.05) is 36.2 Å². The number of likely N-dealkylation sites (tertiary alicyclic amines) is 2. The predicted molar refractivity (Wildman–Crippen MR) is 144 cm³/mol. The number of carboxylic acid groups (broad SMARTS) is 1. The Morgan fingerprint density at radius 3 is 2.56 bits per heavy atom. The van der Waals surface area contributed by atoms with Gasteiger partial charge in [-0.25, -0.2) is 0 Å². The van der Waals surface area contributed by atoms with Crippen molar-refractivity contribution in [3.05, 3.63) is 46.0 Å². The van der Waals surface area contributed by atoms with Gasteiger partial charge in [-0.3, -0.25) is 14.5 Å². The van der Waals surface area contributed by atoms with E-state index in [-0.39, 0.29) is 48.0 Å². The Hall–Kier alpha value is -2.10. The van der Waals surface area contributed by atoms with E-state index in [1.165, 1.54) is 37.8 Å². The molecule has 39 heavy (non-hydrogen) atoms. The van der Waals surface area contributed by atoms with Crippen molar-refractivity contribution in [1.29, 1.82) is 0 Å². The highest BCUT2D eigenvalue weighted by molar-refractivity contribution is 6.31. The van der Waals surface area contributed by atoms with Gasteiger partial charge in [0.25, 0.3) is 0 Å². The number of halogens is 4. The third-order valence-corrected chi connectivity index (χ3v) is 9.12. The van der Waals surface area contributed by atoms with Crippen molar-refractivity contribution in [3.8, 4) is 0 Å². The number of allylic oxidation sites excluding steroid dienone is 1. The van der Waals surface area contributed by atoms with E-state index in [2.05, 4.69) is 16.3 Å². The van der Waals surface area contributed by atoms with Crippen molar-refractivity contribution in [3.63, 3.8) is 0 Å². The molecule has 0 saturated carbocycles. The first-order chi connectivity index (χ1) is 18.5. The Bertz CT molecular complexity index is 1070. The fourth-order valence-corrected chi connectivity index (χ4v) is 6.68. The van der Waals surface area contributed by atoms with Crippen LogP contribution in [0, 0.1) is 11.3 Å². The van der Waals surface area contributed by atoms with Gasteiger partial charge in [-0.15, -0.1) is 0 Å². The molecule has 2 heterocycles. The van der Waals surface area contributed by atoms with Crippen LogP contribution in [0.4, 0.5) is 13.2 Å². The number of alkyl halides is 3. The Morgan fingerprint density at radius 1 is 1.18 bits per heavy atom. The van der Waals surface area contributed by atoms with E-state index < -0.39 is 23.1 Å². The minimum atomic E-state index is -4.57. The maximum atomic E-state index is 13.7. The normalized spacial score (nSPS) is 25.5. The first-order valence-electron chi connectivity index (χ1n) is 14.0.